The normalized spacial score (nSPS) is 42.9. The third kappa shape index (κ3) is 1.70. The van der Waals surface area contributed by atoms with Crippen LogP contribution in [0.4, 0.5) is 0 Å². The van der Waals surface area contributed by atoms with Gasteiger partial charge in [0.05, 0.1) is 5.60 Å². The van der Waals surface area contributed by atoms with E-state index in [2.05, 4.69) is 12.2 Å². The molecule has 2 saturated carbocycles. The molecule has 0 aromatic heterocycles. The molecule has 0 amide bonds. The standard InChI is InChI=1S/C14H25NO/c1-12-7-3-6-10-14(12)15-11-13(16-14)8-4-2-5-9-13/h12,15H,2-11H2,1H3. The maximum Gasteiger partial charge on any atom is 0.122 e. The monoisotopic (exact) mass is 223 g/mol. The van der Waals surface area contributed by atoms with Crippen LogP contribution in [0.3, 0.4) is 0 Å². The van der Waals surface area contributed by atoms with Crippen LogP contribution in [0.2, 0.25) is 0 Å². The summed E-state index contributed by atoms with van der Waals surface area (Å²) in [5, 5.41) is 3.76. The molecule has 1 heterocycles. The van der Waals surface area contributed by atoms with Gasteiger partial charge in [0, 0.05) is 6.54 Å². The lowest BCUT2D eigenvalue weighted by molar-refractivity contribution is -0.159. The zero-order valence-electron chi connectivity index (χ0n) is 10.6. The van der Waals surface area contributed by atoms with Crippen LogP contribution in [-0.2, 0) is 4.74 Å². The Balaban J connectivity index is 1.75. The lowest BCUT2D eigenvalue weighted by atomic mass is 9.82. The van der Waals surface area contributed by atoms with E-state index in [0.29, 0.717) is 5.92 Å². The fraction of sp³-hybridized carbons (Fsp3) is 1.00. The van der Waals surface area contributed by atoms with Crippen molar-refractivity contribution in [2.45, 2.75) is 76.0 Å². The third-order valence-corrected chi connectivity index (χ3v) is 5.10. The molecular formula is C14H25NO. The lowest BCUT2D eigenvalue weighted by Crippen LogP contribution is -2.49. The predicted octanol–water partition coefficient (Wildman–Crippen LogP) is 3.22. The summed E-state index contributed by atoms with van der Waals surface area (Å²) in [5.41, 5.74) is 0.263. The molecule has 3 rings (SSSR count). The van der Waals surface area contributed by atoms with Crippen molar-refractivity contribution in [1.29, 1.82) is 0 Å². The highest BCUT2D eigenvalue weighted by Crippen LogP contribution is 2.45. The number of hydrogen-bond acceptors (Lipinski definition) is 2. The van der Waals surface area contributed by atoms with Gasteiger partial charge in [0.15, 0.2) is 0 Å². The molecular weight excluding hydrogens is 198 g/mol. The summed E-state index contributed by atoms with van der Waals surface area (Å²) in [7, 11) is 0. The quantitative estimate of drug-likeness (QED) is 0.681. The molecule has 0 aromatic rings. The van der Waals surface area contributed by atoms with Gasteiger partial charge in [-0.15, -0.1) is 0 Å². The summed E-state index contributed by atoms with van der Waals surface area (Å²) in [6.07, 6.45) is 12.0. The summed E-state index contributed by atoms with van der Waals surface area (Å²) in [4.78, 5) is 0. The topological polar surface area (TPSA) is 21.3 Å². The summed E-state index contributed by atoms with van der Waals surface area (Å²) in [6.45, 7) is 3.48. The van der Waals surface area contributed by atoms with Crippen LogP contribution in [0, 0.1) is 5.92 Å². The first-order valence-electron chi connectivity index (χ1n) is 7.20. The molecule has 2 atom stereocenters. The minimum atomic E-state index is 0.0512. The maximum absolute atomic E-state index is 6.62. The molecule has 0 aromatic carbocycles. The lowest BCUT2D eigenvalue weighted by Gasteiger charge is -2.42. The van der Waals surface area contributed by atoms with Gasteiger partial charge in [-0.1, -0.05) is 32.6 Å². The average Bonchev–Trinajstić information content (AvgIpc) is 2.65. The van der Waals surface area contributed by atoms with E-state index in [1.807, 2.05) is 0 Å². The summed E-state index contributed by atoms with van der Waals surface area (Å²) >= 11 is 0. The van der Waals surface area contributed by atoms with Gasteiger partial charge in [-0.25, -0.2) is 0 Å². The van der Waals surface area contributed by atoms with Crippen LogP contribution in [0.15, 0.2) is 0 Å². The van der Waals surface area contributed by atoms with E-state index in [0.717, 1.165) is 6.54 Å². The van der Waals surface area contributed by atoms with E-state index in [4.69, 9.17) is 4.74 Å². The Morgan fingerprint density at radius 2 is 1.75 bits per heavy atom. The Morgan fingerprint density at radius 1 is 1.00 bits per heavy atom. The molecule has 3 aliphatic rings. The Hall–Kier alpha value is -0.0800. The average molecular weight is 223 g/mol. The van der Waals surface area contributed by atoms with Gasteiger partial charge >= 0.3 is 0 Å². The zero-order chi connectivity index (χ0) is 11.1. The Bertz CT molecular complexity index is 259. The second-order valence-corrected chi connectivity index (χ2v) is 6.24. The van der Waals surface area contributed by atoms with Gasteiger partial charge in [0.2, 0.25) is 0 Å². The van der Waals surface area contributed by atoms with E-state index < -0.39 is 0 Å². The number of rotatable bonds is 0. The third-order valence-electron chi connectivity index (χ3n) is 5.10. The Kier molecular flexibility index (Phi) is 2.75. The van der Waals surface area contributed by atoms with E-state index in [9.17, 15) is 0 Å². The first-order chi connectivity index (χ1) is 7.75. The van der Waals surface area contributed by atoms with Crippen molar-refractivity contribution in [3.8, 4) is 0 Å². The Morgan fingerprint density at radius 3 is 2.50 bits per heavy atom. The fourth-order valence-electron chi connectivity index (χ4n) is 3.98. The minimum absolute atomic E-state index is 0.0512. The van der Waals surface area contributed by atoms with Crippen molar-refractivity contribution in [1.82, 2.24) is 5.32 Å². The van der Waals surface area contributed by atoms with E-state index in [-0.39, 0.29) is 11.3 Å². The van der Waals surface area contributed by atoms with Crippen LogP contribution >= 0.6 is 0 Å². The van der Waals surface area contributed by atoms with Crippen molar-refractivity contribution < 1.29 is 4.74 Å². The van der Waals surface area contributed by atoms with Gasteiger partial charge in [0.25, 0.3) is 0 Å². The SMILES string of the molecule is CC1CCCCC12NCC1(CCCCC1)O2. The van der Waals surface area contributed by atoms with Crippen molar-refractivity contribution in [2.75, 3.05) is 6.54 Å². The van der Waals surface area contributed by atoms with E-state index >= 15 is 0 Å². The maximum atomic E-state index is 6.62. The van der Waals surface area contributed by atoms with E-state index in [1.54, 1.807) is 0 Å². The number of nitrogens with one attached hydrogen (secondary N) is 1. The van der Waals surface area contributed by atoms with Gasteiger partial charge < -0.3 is 4.74 Å². The zero-order valence-corrected chi connectivity index (χ0v) is 10.6. The largest absolute Gasteiger partial charge is 0.353 e. The van der Waals surface area contributed by atoms with Crippen molar-refractivity contribution in [3.05, 3.63) is 0 Å². The fourth-order valence-corrected chi connectivity index (χ4v) is 3.98. The first-order valence-corrected chi connectivity index (χ1v) is 7.20. The Labute approximate surface area is 99.1 Å². The first kappa shape index (κ1) is 11.0. The highest BCUT2D eigenvalue weighted by atomic mass is 16.6. The second-order valence-electron chi connectivity index (χ2n) is 6.24. The van der Waals surface area contributed by atoms with Crippen LogP contribution in [-0.4, -0.2) is 17.9 Å². The van der Waals surface area contributed by atoms with Gasteiger partial charge in [0.1, 0.15) is 5.72 Å². The number of ether oxygens (including phenoxy) is 1. The smallest absolute Gasteiger partial charge is 0.122 e. The highest BCUT2D eigenvalue weighted by Gasteiger charge is 2.52. The summed E-state index contributed by atoms with van der Waals surface area (Å²) in [6, 6.07) is 0. The summed E-state index contributed by atoms with van der Waals surface area (Å²) in [5.74, 6) is 0.697. The summed E-state index contributed by atoms with van der Waals surface area (Å²) < 4.78 is 6.62. The van der Waals surface area contributed by atoms with Crippen molar-refractivity contribution in [3.63, 3.8) is 0 Å². The van der Waals surface area contributed by atoms with Crippen LogP contribution in [0.5, 0.6) is 0 Å². The molecule has 1 saturated heterocycles. The van der Waals surface area contributed by atoms with Crippen LogP contribution in [0.1, 0.15) is 64.7 Å². The van der Waals surface area contributed by atoms with Gasteiger partial charge in [-0.05, 0) is 38.0 Å². The molecule has 0 bridgehead atoms. The molecule has 16 heavy (non-hydrogen) atoms. The number of hydrogen-bond donors (Lipinski definition) is 1. The molecule has 2 heteroatoms. The molecule has 2 aliphatic carbocycles. The molecule has 2 unspecified atom stereocenters. The predicted molar refractivity (Wildman–Crippen MR) is 65.3 cm³/mol. The van der Waals surface area contributed by atoms with Crippen molar-refractivity contribution in [2.24, 2.45) is 5.92 Å². The molecule has 92 valence electrons. The van der Waals surface area contributed by atoms with Gasteiger partial charge in [-0.2, -0.15) is 0 Å². The molecule has 3 fully saturated rings. The molecule has 1 N–H and O–H groups in total. The molecule has 1 aliphatic heterocycles. The van der Waals surface area contributed by atoms with Crippen molar-refractivity contribution >= 4 is 0 Å². The molecule has 2 spiro atoms. The second kappa shape index (κ2) is 3.99. The highest BCUT2D eigenvalue weighted by molar-refractivity contribution is 5.01. The molecule has 2 nitrogen and oxygen atoms in total. The molecule has 0 radical (unpaired) electrons. The van der Waals surface area contributed by atoms with Crippen LogP contribution < -0.4 is 5.32 Å². The minimum Gasteiger partial charge on any atom is -0.353 e. The van der Waals surface area contributed by atoms with E-state index in [1.165, 1.54) is 57.8 Å². The van der Waals surface area contributed by atoms with Crippen LogP contribution in [0.25, 0.3) is 0 Å². The van der Waals surface area contributed by atoms with Gasteiger partial charge in [-0.3, -0.25) is 5.32 Å².